The molecule has 3 N–H and O–H groups in total. The summed E-state index contributed by atoms with van der Waals surface area (Å²) < 4.78 is 46.3. The fourth-order valence-corrected chi connectivity index (χ4v) is 4.30. The Morgan fingerprint density at radius 3 is 2.76 bits per heavy atom. The number of hydrogen-bond acceptors (Lipinski definition) is 6. The molecule has 5 heterocycles. The van der Waals surface area contributed by atoms with Gasteiger partial charge >= 0.3 is 6.03 Å². The van der Waals surface area contributed by atoms with Crippen LogP contribution in [0.15, 0.2) is 30.6 Å². The zero-order chi connectivity index (χ0) is 23.2. The van der Waals surface area contributed by atoms with Gasteiger partial charge in [0.05, 0.1) is 49.0 Å². The number of rotatable bonds is 6. The van der Waals surface area contributed by atoms with E-state index in [1.165, 1.54) is 19.2 Å². The predicted molar refractivity (Wildman–Crippen MR) is 115 cm³/mol. The molecule has 3 aromatic heterocycles. The first kappa shape index (κ1) is 21.7. The fraction of sp³-hybridized carbons (Fsp3) is 0.409. The highest BCUT2D eigenvalue weighted by atomic mass is 19.3. The van der Waals surface area contributed by atoms with Crippen LogP contribution in [0, 0.1) is 0 Å². The first-order valence-corrected chi connectivity index (χ1v) is 10.5. The van der Waals surface area contributed by atoms with Crippen LogP contribution in [0.2, 0.25) is 0 Å². The third-order valence-electron chi connectivity index (χ3n) is 6.20. The average Bonchev–Trinajstić information content (AvgIpc) is 3.38. The number of pyridine rings is 2. The SMILES string of the molecule is COC1(c2cc(C(F)F)cc(-c3cn(C4COC4)c4cnc(NC(N)=O)cc34)n2)CCOC1. The van der Waals surface area contributed by atoms with Crippen LogP contribution >= 0.6 is 0 Å². The van der Waals surface area contributed by atoms with Crippen molar-refractivity contribution in [1.29, 1.82) is 0 Å². The van der Waals surface area contributed by atoms with Gasteiger partial charge < -0.3 is 24.5 Å². The molecule has 9 nitrogen and oxygen atoms in total. The number of anilines is 1. The molecule has 2 fully saturated rings. The van der Waals surface area contributed by atoms with Gasteiger partial charge in [0.2, 0.25) is 0 Å². The molecule has 2 saturated heterocycles. The van der Waals surface area contributed by atoms with Crippen LogP contribution < -0.4 is 11.1 Å². The lowest BCUT2D eigenvalue weighted by Crippen LogP contribution is -2.30. The maximum absolute atomic E-state index is 13.9. The molecule has 0 spiro atoms. The number of amides is 2. The molecule has 3 aromatic rings. The summed E-state index contributed by atoms with van der Waals surface area (Å²) in [5.41, 5.74) is 6.35. The molecule has 0 radical (unpaired) electrons. The Morgan fingerprint density at radius 2 is 2.15 bits per heavy atom. The Hall–Kier alpha value is -3.15. The number of ether oxygens (including phenoxy) is 3. The van der Waals surface area contributed by atoms with E-state index in [9.17, 15) is 13.6 Å². The largest absolute Gasteiger partial charge is 0.378 e. The van der Waals surface area contributed by atoms with Gasteiger partial charge in [0.1, 0.15) is 11.4 Å². The third-order valence-corrected chi connectivity index (χ3v) is 6.20. The third kappa shape index (κ3) is 3.81. The molecule has 5 rings (SSSR count). The molecule has 0 bridgehead atoms. The van der Waals surface area contributed by atoms with Crippen LogP contribution in [-0.4, -0.2) is 54.1 Å². The molecular formula is C22H23F2N5O4. The summed E-state index contributed by atoms with van der Waals surface area (Å²) in [7, 11) is 1.53. The molecule has 174 valence electrons. The maximum atomic E-state index is 13.9. The van der Waals surface area contributed by atoms with Gasteiger partial charge in [-0.25, -0.2) is 23.5 Å². The van der Waals surface area contributed by atoms with E-state index in [0.717, 1.165) is 5.52 Å². The van der Waals surface area contributed by atoms with E-state index in [-0.39, 0.29) is 24.0 Å². The minimum atomic E-state index is -2.69. The number of alkyl halides is 2. The standard InChI is InChI=1S/C22H23F2N5O4/c1-31-22(2-3-32-11-22)18-5-12(20(23)24)4-16(27-18)15-8-29(13-9-33-10-13)17-7-26-19(6-14(15)17)28-21(25)30/h4-8,13,20H,2-3,9-11H2,1H3,(H3,25,26,28,30). The van der Waals surface area contributed by atoms with Gasteiger partial charge in [0.15, 0.2) is 0 Å². The number of hydrogen-bond donors (Lipinski definition) is 2. The van der Waals surface area contributed by atoms with Crippen molar-refractivity contribution in [3.63, 3.8) is 0 Å². The van der Waals surface area contributed by atoms with Crippen LogP contribution in [-0.2, 0) is 19.8 Å². The van der Waals surface area contributed by atoms with Gasteiger partial charge in [-0.1, -0.05) is 0 Å². The second-order valence-corrected chi connectivity index (χ2v) is 8.19. The minimum absolute atomic E-state index is 0.0873. The number of primary amides is 1. The average molecular weight is 459 g/mol. The van der Waals surface area contributed by atoms with Gasteiger partial charge in [-0.05, 0) is 18.2 Å². The number of methoxy groups -OCH3 is 1. The van der Waals surface area contributed by atoms with Crippen molar-refractivity contribution in [1.82, 2.24) is 14.5 Å². The van der Waals surface area contributed by atoms with Crippen molar-refractivity contribution >= 4 is 22.8 Å². The Balaban J connectivity index is 1.71. The number of halogens is 2. The van der Waals surface area contributed by atoms with Crippen molar-refractivity contribution < 1.29 is 27.8 Å². The molecule has 2 aliphatic heterocycles. The zero-order valence-corrected chi connectivity index (χ0v) is 17.9. The van der Waals surface area contributed by atoms with Crippen molar-refractivity contribution in [3.05, 3.63) is 41.9 Å². The number of carbonyl (C=O) groups excluding carboxylic acids is 1. The molecule has 33 heavy (non-hydrogen) atoms. The molecule has 11 heteroatoms. The Morgan fingerprint density at radius 1 is 1.33 bits per heavy atom. The highest BCUT2D eigenvalue weighted by Crippen LogP contribution is 2.39. The van der Waals surface area contributed by atoms with Crippen molar-refractivity contribution in [2.75, 3.05) is 38.9 Å². The van der Waals surface area contributed by atoms with Gasteiger partial charge in [-0.15, -0.1) is 0 Å². The quantitative estimate of drug-likeness (QED) is 0.584. The Bertz CT molecular complexity index is 1200. The minimum Gasteiger partial charge on any atom is -0.378 e. The summed E-state index contributed by atoms with van der Waals surface area (Å²) in [6.45, 7) is 1.76. The van der Waals surface area contributed by atoms with Gasteiger partial charge in [0, 0.05) is 42.8 Å². The second kappa shape index (κ2) is 8.32. The van der Waals surface area contributed by atoms with Gasteiger partial charge in [-0.2, -0.15) is 0 Å². The molecule has 1 unspecified atom stereocenters. The number of carbonyl (C=O) groups is 1. The monoisotopic (exact) mass is 459 g/mol. The number of nitrogens with one attached hydrogen (secondary N) is 1. The summed E-state index contributed by atoms with van der Waals surface area (Å²) in [6, 6.07) is 3.76. The summed E-state index contributed by atoms with van der Waals surface area (Å²) in [6.07, 6.45) is 1.30. The fourth-order valence-electron chi connectivity index (χ4n) is 4.30. The number of aromatic nitrogens is 3. The summed E-state index contributed by atoms with van der Waals surface area (Å²) in [4.78, 5) is 20.3. The number of fused-ring (bicyclic) bond motifs is 1. The first-order valence-electron chi connectivity index (χ1n) is 10.5. The van der Waals surface area contributed by atoms with Crippen LogP contribution in [0.3, 0.4) is 0 Å². The predicted octanol–water partition coefficient (Wildman–Crippen LogP) is 3.36. The van der Waals surface area contributed by atoms with Crippen molar-refractivity contribution in [3.8, 4) is 11.3 Å². The van der Waals surface area contributed by atoms with Gasteiger partial charge in [-0.3, -0.25) is 5.32 Å². The van der Waals surface area contributed by atoms with Crippen molar-refractivity contribution in [2.24, 2.45) is 5.73 Å². The lowest BCUT2D eigenvalue weighted by atomic mass is 9.95. The van der Waals surface area contributed by atoms with E-state index in [1.54, 1.807) is 12.3 Å². The maximum Gasteiger partial charge on any atom is 0.317 e. The number of nitrogens with two attached hydrogens (primary N) is 1. The summed E-state index contributed by atoms with van der Waals surface area (Å²) in [5.74, 6) is 0.252. The Kier molecular flexibility index (Phi) is 5.47. The first-order chi connectivity index (χ1) is 15.9. The van der Waals surface area contributed by atoms with E-state index in [1.807, 2.05) is 10.8 Å². The van der Waals surface area contributed by atoms with E-state index >= 15 is 0 Å². The number of nitrogens with zero attached hydrogens (tertiary/aromatic N) is 3. The highest BCUT2D eigenvalue weighted by molar-refractivity contribution is 5.98. The van der Waals surface area contributed by atoms with E-state index in [4.69, 9.17) is 24.9 Å². The molecule has 2 amide bonds. The lowest BCUT2D eigenvalue weighted by Gasteiger charge is -2.28. The van der Waals surface area contributed by atoms with E-state index in [2.05, 4.69) is 10.3 Å². The van der Waals surface area contributed by atoms with Crippen molar-refractivity contribution in [2.45, 2.75) is 24.5 Å². The zero-order valence-electron chi connectivity index (χ0n) is 17.9. The molecule has 0 saturated carbocycles. The van der Waals surface area contributed by atoms with E-state index < -0.39 is 18.1 Å². The Labute approximate surface area is 187 Å². The van der Waals surface area contributed by atoms with E-state index in [0.29, 0.717) is 48.6 Å². The van der Waals surface area contributed by atoms with Crippen LogP contribution in [0.25, 0.3) is 22.2 Å². The molecule has 0 aromatic carbocycles. The molecule has 2 aliphatic rings. The molecule has 0 aliphatic carbocycles. The summed E-state index contributed by atoms with van der Waals surface area (Å²) in [5, 5.41) is 3.15. The lowest BCUT2D eigenvalue weighted by molar-refractivity contribution is -0.0247. The molecule has 1 atom stereocenters. The number of urea groups is 1. The van der Waals surface area contributed by atoms with Crippen LogP contribution in [0.4, 0.5) is 19.4 Å². The second-order valence-electron chi connectivity index (χ2n) is 8.19. The highest BCUT2D eigenvalue weighted by Gasteiger charge is 2.39. The topological polar surface area (TPSA) is 114 Å². The molecular weight excluding hydrogens is 436 g/mol. The summed E-state index contributed by atoms with van der Waals surface area (Å²) >= 11 is 0. The van der Waals surface area contributed by atoms with Crippen LogP contribution in [0.5, 0.6) is 0 Å². The van der Waals surface area contributed by atoms with Crippen LogP contribution in [0.1, 0.15) is 30.1 Å². The normalized spacial score (nSPS) is 21.0. The van der Waals surface area contributed by atoms with Gasteiger partial charge in [0.25, 0.3) is 6.43 Å². The smallest absolute Gasteiger partial charge is 0.317 e.